The van der Waals surface area contributed by atoms with Crippen molar-refractivity contribution in [3.63, 3.8) is 0 Å². The van der Waals surface area contributed by atoms with Crippen LogP contribution in [-0.2, 0) is 4.79 Å². The number of hydrogen-bond acceptors (Lipinski definition) is 1. The second-order valence-electron chi connectivity index (χ2n) is 3.50. The van der Waals surface area contributed by atoms with Gasteiger partial charge in [-0.3, -0.25) is 4.79 Å². The van der Waals surface area contributed by atoms with Crippen LogP contribution in [0.3, 0.4) is 0 Å². The van der Waals surface area contributed by atoms with Gasteiger partial charge in [-0.1, -0.05) is 37.6 Å². The smallest absolute Gasteiger partial charge is 0.248 e. The number of allylic oxidation sites excluding steroid dienone is 1. The molecule has 1 amide bonds. The highest BCUT2D eigenvalue weighted by atomic mass is 16.1. The Labute approximate surface area is 91.0 Å². The Morgan fingerprint density at radius 3 is 2.80 bits per heavy atom. The van der Waals surface area contributed by atoms with Crippen LogP contribution in [0.25, 0.3) is 0 Å². The lowest BCUT2D eigenvalue weighted by Gasteiger charge is -2.04. The third kappa shape index (κ3) is 3.98. The molecule has 1 aromatic rings. The maximum absolute atomic E-state index is 11.4. The zero-order valence-electron chi connectivity index (χ0n) is 9.29. The van der Waals surface area contributed by atoms with Crippen molar-refractivity contribution in [2.24, 2.45) is 0 Å². The van der Waals surface area contributed by atoms with E-state index in [0.29, 0.717) is 0 Å². The summed E-state index contributed by atoms with van der Waals surface area (Å²) in [6.45, 7) is 4.06. The SMILES string of the molecule is CCCC=CC(=O)Nc1ccccc1C. The minimum absolute atomic E-state index is 0.0576. The van der Waals surface area contributed by atoms with Crippen molar-refractivity contribution in [3.8, 4) is 0 Å². The number of aryl methyl sites for hydroxylation is 1. The van der Waals surface area contributed by atoms with Crippen LogP contribution in [0.15, 0.2) is 36.4 Å². The van der Waals surface area contributed by atoms with Gasteiger partial charge in [-0.2, -0.15) is 0 Å². The third-order valence-electron chi connectivity index (χ3n) is 2.13. The lowest BCUT2D eigenvalue weighted by atomic mass is 10.2. The molecule has 0 saturated heterocycles. The summed E-state index contributed by atoms with van der Waals surface area (Å²) in [5.74, 6) is -0.0576. The molecule has 15 heavy (non-hydrogen) atoms. The van der Waals surface area contributed by atoms with Gasteiger partial charge in [-0.15, -0.1) is 0 Å². The van der Waals surface area contributed by atoms with Gasteiger partial charge in [0.25, 0.3) is 0 Å². The second kappa shape index (κ2) is 6.02. The predicted octanol–water partition coefficient (Wildman–Crippen LogP) is 3.29. The Hall–Kier alpha value is -1.57. The summed E-state index contributed by atoms with van der Waals surface area (Å²) in [7, 11) is 0. The van der Waals surface area contributed by atoms with Gasteiger partial charge in [0.2, 0.25) is 5.91 Å². The Morgan fingerprint density at radius 2 is 2.13 bits per heavy atom. The van der Waals surface area contributed by atoms with Gasteiger partial charge < -0.3 is 5.32 Å². The van der Waals surface area contributed by atoms with Gasteiger partial charge in [-0.05, 0) is 31.1 Å². The summed E-state index contributed by atoms with van der Waals surface area (Å²) in [4.78, 5) is 11.4. The van der Waals surface area contributed by atoms with Crippen molar-refractivity contribution >= 4 is 11.6 Å². The standard InChI is InChI=1S/C13H17NO/c1-3-4-5-10-13(15)14-12-9-7-6-8-11(12)2/h5-10H,3-4H2,1-2H3,(H,14,15). The molecule has 0 unspecified atom stereocenters. The van der Waals surface area contributed by atoms with E-state index >= 15 is 0 Å². The molecule has 0 aliphatic carbocycles. The van der Waals surface area contributed by atoms with Gasteiger partial charge in [0, 0.05) is 5.69 Å². The highest BCUT2D eigenvalue weighted by molar-refractivity contribution is 5.99. The molecule has 80 valence electrons. The molecule has 1 N–H and O–H groups in total. The van der Waals surface area contributed by atoms with Crippen LogP contribution in [0.4, 0.5) is 5.69 Å². The van der Waals surface area contributed by atoms with Gasteiger partial charge >= 0.3 is 0 Å². The number of nitrogens with one attached hydrogen (secondary N) is 1. The van der Waals surface area contributed by atoms with Crippen molar-refractivity contribution in [3.05, 3.63) is 42.0 Å². The molecular formula is C13H17NO. The van der Waals surface area contributed by atoms with Gasteiger partial charge in [-0.25, -0.2) is 0 Å². The topological polar surface area (TPSA) is 29.1 Å². The molecule has 2 nitrogen and oxygen atoms in total. The highest BCUT2D eigenvalue weighted by Gasteiger charge is 1.99. The van der Waals surface area contributed by atoms with Crippen molar-refractivity contribution in [1.29, 1.82) is 0 Å². The van der Waals surface area contributed by atoms with E-state index in [1.165, 1.54) is 0 Å². The van der Waals surface area contributed by atoms with E-state index in [4.69, 9.17) is 0 Å². The Bertz CT molecular complexity index is 355. The summed E-state index contributed by atoms with van der Waals surface area (Å²) < 4.78 is 0. The molecular weight excluding hydrogens is 186 g/mol. The maximum Gasteiger partial charge on any atom is 0.248 e. The molecule has 0 radical (unpaired) electrons. The maximum atomic E-state index is 11.4. The number of rotatable bonds is 4. The molecule has 0 aliphatic heterocycles. The normalized spacial score (nSPS) is 10.5. The molecule has 0 fully saturated rings. The van der Waals surface area contributed by atoms with Gasteiger partial charge in [0.15, 0.2) is 0 Å². The summed E-state index contributed by atoms with van der Waals surface area (Å²) in [6, 6.07) is 7.75. The fourth-order valence-corrected chi connectivity index (χ4v) is 1.24. The lowest BCUT2D eigenvalue weighted by Crippen LogP contribution is -2.08. The first-order valence-corrected chi connectivity index (χ1v) is 5.27. The molecule has 2 heteroatoms. The summed E-state index contributed by atoms with van der Waals surface area (Å²) in [6.07, 6.45) is 5.50. The van der Waals surface area contributed by atoms with Crippen molar-refractivity contribution in [2.75, 3.05) is 5.32 Å². The monoisotopic (exact) mass is 203 g/mol. The minimum Gasteiger partial charge on any atom is -0.322 e. The Morgan fingerprint density at radius 1 is 1.40 bits per heavy atom. The van der Waals surface area contributed by atoms with Gasteiger partial charge in [0.1, 0.15) is 0 Å². The Balaban J connectivity index is 2.55. The summed E-state index contributed by atoms with van der Waals surface area (Å²) in [5, 5.41) is 2.84. The van der Waals surface area contributed by atoms with Crippen LogP contribution in [0, 0.1) is 6.92 Å². The first-order chi connectivity index (χ1) is 7.24. The second-order valence-corrected chi connectivity index (χ2v) is 3.50. The van der Waals surface area contributed by atoms with Gasteiger partial charge in [0.05, 0.1) is 0 Å². The average molecular weight is 203 g/mol. The van der Waals surface area contributed by atoms with E-state index in [9.17, 15) is 4.79 Å². The number of unbranched alkanes of at least 4 members (excludes halogenated alkanes) is 1. The first kappa shape index (κ1) is 11.5. The summed E-state index contributed by atoms with van der Waals surface area (Å²) in [5.41, 5.74) is 1.96. The van der Waals surface area contributed by atoms with Crippen LogP contribution in [0.2, 0.25) is 0 Å². The quantitative estimate of drug-likeness (QED) is 0.747. The summed E-state index contributed by atoms with van der Waals surface area (Å²) >= 11 is 0. The number of amides is 1. The zero-order chi connectivity index (χ0) is 11.1. The molecule has 1 aromatic carbocycles. The van der Waals surface area contributed by atoms with Crippen LogP contribution in [-0.4, -0.2) is 5.91 Å². The van der Waals surface area contributed by atoms with Crippen molar-refractivity contribution in [2.45, 2.75) is 26.7 Å². The van der Waals surface area contributed by atoms with E-state index in [-0.39, 0.29) is 5.91 Å². The molecule has 0 aliphatic rings. The van der Waals surface area contributed by atoms with E-state index in [1.807, 2.05) is 37.3 Å². The zero-order valence-corrected chi connectivity index (χ0v) is 9.29. The van der Waals surface area contributed by atoms with Crippen LogP contribution >= 0.6 is 0 Å². The molecule has 0 heterocycles. The average Bonchev–Trinajstić information content (AvgIpc) is 2.22. The molecule has 0 aromatic heterocycles. The Kier molecular flexibility index (Phi) is 4.61. The minimum atomic E-state index is -0.0576. The molecule has 0 saturated carbocycles. The van der Waals surface area contributed by atoms with Crippen LogP contribution in [0.1, 0.15) is 25.3 Å². The van der Waals surface area contributed by atoms with Crippen LogP contribution in [0.5, 0.6) is 0 Å². The van der Waals surface area contributed by atoms with Crippen molar-refractivity contribution < 1.29 is 4.79 Å². The number of carbonyl (C=O) groups is 1. The first-order valence-electron chi connectivity index (χ1n) is 5.27. The number of benzene rings is 1. The van der Waals surface area contributed by atoms with E-state index in [2.05, 4.69) is 12.2 Å². The third-order valence-corrected chi connectivity index (χ3v) is 2.13. The predicted molar refractivity (Wildman–Crippen MR) is 63.9 cm³/mol. The molecule has 0 atom stereocenters. The fourth-order valence-electron chi connectivity index (χ4n) is 1.24. The van der Waals surface area contributed by atoms with E-state index in [0.717, 1.165) is 24.1 Å². The van der Waals surface area contributed by atoms with E-state index in [1.54, 1.807) is 6.08 Å². The highest BCUT2D eigenvalue weighted by Crippen LogP contribution is 2.12. The van der Waals surface area contributed by atoms with Crippen molar-refractivity contribution in [1.82, 2.24) is 0 Å². The number of carbonyl (C=O) groups excluding carboxylic acids is 1. The number of anilines is 1. The van der Waals surface area contributed by atoms with Crippen LogP contribution < -0.4 is 5.32 Å². The number of para-hydroxylation sites is 1. The molecule has 1 rings (SSSR count). The molecule has 0 spiro atoms. The molecule has 0 bridgehead atoms. The fraction of sp³-hybridized carbons (Fsp3) is 0.308. The van der Waals surface area contributed by atoms with E-state index < -0.39 is 0 Å². The number of hydrogen-bond donors (Lipinski definition) is 1. The lowest BCUT2D eigenvalue weighted by molar-refractivity contribution is -0.111. The largest absolute Gasteiger partial charge is 0.322 e.